The minimum atomic E-state index is 0.144. The first kappa shape index (κ1) is 16.0. The van der Waals surface area contributed by atoms with Crippen LogP contribution in [0.3, 0.4) is 0 Å². The van der Waals surface area contributed by atoms with Gasteiger partial charge in [0.25, 0.3) is 0 Å². The van der Waals surface area contributed by atoms with Crippen LogP contribution in [-0.4, -0.2) is 24.5 Å². The van der Waals surface area contributed by atoms with Crippen molar-refractivity contribution in [2.24, 2.45) is 0 Å². The average Bonchev–Trinajstić information content (AvgIpc) is 2.51. The Labute approximate surface area is 134 Å². The third-order valence-corrected chi connectivity index (χ3v) is 4.18. The van der Waals surface area contributed by atoms with Crippen LogP contribution in [0.1, 0.15) is 5.56 Å². The van der Waals surface area contributed by atoms with Crippen LogP contribution in [0.5, 0.6) is 11.5 Å². The Morgan fingerprint density at radius 1 is 1.24 bits per heavy atom. The lowest BCUT2D eigenvalue weighted by Crippen LogP contribution is -2.16. The molecule has 0 atom stereocenters. The largest absolute Gasteiger partial charge is 0.504 e. The molecule has 2 aromatic rings. The van der Waals surface area contributed by atoms with Crippen molar-refractivity contribution in [2.75, 3.05) is 19.4 Å². The number of hydrogen-bond acceptors (Lipinski definition) is 4. The molecule has 21 heavy (non-hydrogen) atoms. The van der Waals surface area contributed by atoms with Crippen molar-refractivity contribution in [3.8, 4) is 11.5 Å². The smallest absolute Gasteiger partial charge is 0.162 e. The number of halogens is 1. The van der Waals surface area contributed by atoms with Crippen LogP contribution in [-0.2, 0) is 6.54 Å². The standard InChI is InChI=1S/C16H18ClNO2S/c1-20-15-10-13(17)9-12(16(15)19)11-18-7-8-21-14-5-3-2-4-6-14/h2-6,9-10,18-19H,7-8,11H2,1H3. The van der Waals surface area contributed by atoms with Crippen LogP contribution < -0.4 is 10.1 Å². The number of rotatable bonds is 7. The van der Waals surface area contributed by atoms with E-state index >= 15 is 0 Å². The van der Waals surface area contributed by atoms with E-state index in [4.69, 9.17) is 16.3 Å². The molecular weight excluding hydrogens is 306 g/mol. The van der Waals surface area contributed by atoms with Crippen LogP contribution in [0.4, 0.5) is 0 Å². The van der Waals surface area contributed by atoms with E-state index in [-0.39, 0.29) is 5.75 Å². The molecule has 0 aliphatic rings. The monoisotopic (exact) mass is 323 g/mol. The van der Waals surface area contributed by atoms with E-state index in [1.54, 1.807) is 23.9 Å². The fourth-order valence-corrected chi connectivity index (χ4v) is 2.96. The lowest BCUT2D eigenvalue weighted by molar-refractivity contribution is 0.370. The maximum absolute atomic E-state index is 10.0. The van der Waals surface area contributed by atoms with Gasteiger partial charge in [-0.2, -0.15) is 0 Å². The van der Waals surface area contributed by atoms with Gasteiger partial charge in [0, 0.05) is 40.4 Å². The molecular formula is C16H18ClNO2S. The molecule has 0 aromatic heterocycles. The SMILES string of the molecule is COc1cc(Cl)cc(CNCCSc2ccccc2)c1O. The zero-order valence-electron chi connectivity index (χ0n) is 11.8. The quantitative estimate of drug-likeness (QED) is 0.598. The first-order valence-electron chi connectivity index (χ1n) is 6.64. The van der Waals surface area contributed by atoms with Crippen molar-refractivity contribution in [1.82, 2.24) is 5.32 Å². The minimum absolute atomic E-state index is 0.144. The van der Waals surface area contributed by atoms with Gasteiger partial charge < -0.3 is 15.2 Å². The maximum atomic E-state index is 10.0. The van der Waals surface area contributed by atoms with Crippen LogP contribution >= 0.6 is 23.4 Å². The van der Waals surface area contributed by atoms with E-state index in [9.17, 15) is 5.11 Å². The van der Waals surface area contributed by atoms with E-state index in [1.165, 1.54) is 12.0 Å². The van der Waals surface area contributed by atoms with Crippen LogP contribution in [0.2, 0.25) is 5.02 Å². The van der Waals surface area contributed by atoms with Crippen molar-refractivity contribution in [2.45, 2.75) is 11.4 Å². The highest BCUT2D eigenvalue weighted by molar-refractivity contribution is 7.99. The highest BCUT2D eigenvalue weighted by atomic mass is 35.5. The molecule has 3 nitrogen and oxygen atoms in total. The van der Waals surface area contributed by atoms with Gasteiger partial charge in [0.1, 0.15) is 0 Å². The molecule has 0 fully saturated rings. The van der Waals surface area contributed by atoms with E-state index in [0.29, 0.717) is 17.3 Å². The van der Waals surface area contributed by atoms with Crippen molar-refractivity contribution in [3.63, 3.8) is 0 Å². The molecule has 0 aliphatic heterocycles. The second-order valence-electron chi connectivity index (χ2n) is 4.45. The summed E-state index contributed by atoms with van der Waals surface area (Å²) in [6.07, 6.45) is 0. The molecule has 5 heteroatoms. The molecule has 0 bridgehead atoms. The van der Waals surface area contributed by atoms with Gasteiger partial charge in [0.2, 0.25) is 0 Å². The molecule has 2 aromatic carbocycles. The Balaban J connectivity index is 1.80. The Bertz CT molecular complexity index is 578. The molecule has 0 heterocycles. The summed E-state index contributed by atoms with van der Waals surface area (Å²) in [5.41, 5.74) is 0.740. The maximum Gasteiger partial charge on any atom is 0.162 e. The lowest BCUT2D eigenvalue weighted by Gasteiger charge is -2.11. The van der Waals surface area contributed by atoms with Crippen molar-refractivity contribution < 1.29 is 9.84 Å². The molecule has 0 radical (unpaired) electrons. The highest BCUT2D eigenvalue weighted by Crippen LogP contribution is 2.33. The molecule has 0 aliphatic carbocycles. The van der Waals surface area contributed by atoms with Gasteiger partial charge in [-0.3, -0.25) is 0 Å². The number of benzene rings is 2. The summed E-state index contributed by atoms with van der Waals surface area (Å²) in [5.74, 6) is 1.51. The van der Waals surface area contributed by atoms with Crippen molar-refractivity contribution in [3.05, 3.63) is 53.1 Å². The van der Waals surface area contributed by atoms with Crippen molar-refractivity contribution in [1.29, 1.82) is 0 Å². The molecule has 0 amide bonds. The van der Waals surface area contributed by atoms with Gasteiger partial charge in [-0.25, -0.2) is 0 Å². The predicted octanol–water partition coefficient (Wildman–Crippen LogP) is 3.94. The third-order valence-electron chi connectivity index (χ3n) is 2.94. The first-order valence-corrected chi connectivity index (χ1v) is 8.01. The van der Waals surface area contributed by atoms with E-state index in [0.717, 1.165) is 17.9 Å². The third kappa shape index (κ3) is 4.84. The molecule has 0 saturated heterocycles. The van der Waals surface area contributed by atoms with Gasteiger partial charge in [-0.15, -0.1) is 11.8 Å². The highest BCUT2D eigenvalue weighted by Gasteiger charge is 2.09. The lowest BCUT2D eigenvalue weighted by atomic mass is 10.2. The van der Waals surface area contributed by atoms with Gasteiger partial charge in [-0.1, -0.05) is 29.8 Å². The Kier molecular flexibility index (Phi) is 6.23. The van der Waals surface area contributed by atoms with Gasteiger partial charge in [-0.05, 0) is 18.2 Å². The Morgan fingerprint density at radius 2 is 2.00 bits per heavy atom. The molecule has 0 saturated carbocycles. The summed E-state index contributed by atoms with van der Waals surface area (Å²) in [6, 6.07) is 13.6. The Hall–Kier alpha value is -1.36. The number of methoxy groups -OCH3 is 1. The molecule has 2 rings (SSSR count). The normalized spacial score (nSPS) is 10.6. The van der Waals surface area contributed by atoms with Crippen LogP contribution in [0.15, 0.2) is 47.4 Å². The first-order chi connectivity index (χ1) is 10.2. The van der Waals surface area contributed by atoms with Gasteiger partial charge >= 0.3 is 0 Å². The van der Waals surface area contributed by atoms with Crippen LogP contribution in [0, 0.1) is 0 Å². The van der Waals surface area contributed by atoms with Crippen LogP contribution in [0.25, 0.3) is 0 Å². The number of aromatic hydroxyl groups is 1. The van der Waals surface area contributed by atoms with Crippen molar-refractivity contribution >= 4 is 23.4 Å². The molecule has 0 unspecified atom stereocenters. The fraction of sp³-hybridized carbons (Fsp3) is 0.250. The summed E-state index contributed by atoms with van der Waals surface area (Å²) in [5, 5.41) is 13.9. The topological polar surface area (TPSA) is 41.5 Å². The number of phenolic OH excluding ortho intramolecular Hbond substituents is 1. The zero-order valence-corrected chi connectivity index (χ0v) is 13.4. The van der Waals surface area contributed by atoms with E-state index < -0.39 is 0 Å². The Morgan fingerprint density at radius 3 is 2.71 bits per heavy atom. The fourth-order valence-electron chi connectivity index (χ4n) is 1.90. The average molecular weight is 324 g/mol. The number of ether oxygens (including phenoxy) is 1. The van der Waals surface area contributed by atoms with Gasteiger partial charge in [0.05, 0.1) is 7.11 Å². The summed E-state index contributed by atoms with van der Waals surface area (Å²) in [7, 11) is 1.51. The number of phenols is 1. The summed E-state index contributed by atoms with van der Waals surface area (Å²) in [4.78, 5) is 1.26. The number of hydrogen-bond donors (Lipinski definition) is 2. The zero-order chi connectivity index (χ0) is 15.1. The summed E-state index contributed by atoms with van der Waals surface area (Å²) in [6.45, 7) is 1.39. The number of nitrogens with one attached hydrogen (secondary N) is 1. The predicted molar refractivity (Wildman–Crippen MR) is 88.5 cm³/mol. The number of thioether (sulfide) groups is 1. The molecule has 2 N–H and O–H groups in total. The van der Waals surface area contributed by atoms with E-state index in [1.807, 2.05) is 18.2 Å². The second kappa shape index (κ2) is 8.17. The van der Waals surface area contributed by atoms with Gasteiger partial charge in [0.15, 0.2) is 11.5 Å². The molecule has 112 valence electrons. The second-order valence-corrected chi connectivity index (χ2v) is 6.06. The minimum Gasteiger partial charge on any atom is -0.504 e. The van der Waals surface area contributed by atoms with E-state index in [2.05, 4.69) is 17.4 Å². The summed E-state index contributed by atoms with van der Waals surface area (Å²) >= 11 is 7.79. The molecule has 0 spiro atoms. The summed E-state index contributed by atoms with van der Waals surface area (Å²) < 4.78 is 5.09.